The third-order valence-electron chi connectivity index (χ3n) is 4.98. The summed E-state index contributed by atoms with van der Waals surface area (Å²) in [6.07, 6.45) is 10.7. The first-order valence-corrected chi connectivity index (χ1v) is 7.88. The normalized spacial score (nSPS) is 30.7. The molecule has 0 spiro atoms. The lowest BCUT2D eigenvalue weighted by molar-refractivity contribution is -0.0434. The minimum atomic E-state index is -0.142. The van der Waals surface area contributed by atoms with Crippen LogP contribution in [0.3, 0.4) is 0 Å². The summed E-state index contributed by atoms with van der Waals surface area (Å²) in [5.74, 6) is 0.838. The van der Waals surface area contributed by atoms with E-state index in [1.54, 1.807) is 0 Å². The Hall–Kier alpha value is -0.0800. The lowest BCUT2D eigenvalue weighted by Crippen LogP contribution is -2.55. The molecule has 1 atom stereocenters. The predicted molar refractivity (Wildman–Crippen MR) is 78.8 cm³/mol. The van der Waals surface area contributed by atoms with Gasteiger partial charge in [-0.3, -0.25) is 0 Å². The maximum absolute atomic E-state index is 10.6. The number of hydrogen-bond acceptors (Lipinski definition) is 2. The number of hydrogen-bond donors (Lipinski definition) is 1. The molecule has 0 amide bonds. The minimum Gasteiger partial charge on any atom is -0.391 e. The molecule has 18 heavy (non-hydrogen) atoms. The van der Waals surface area contributed by atoms with Crippen LogP contribution in [0.1, 0.15) is 71.6 Å². The SMILES string of the molecule is CCCCCCC(O)C1(N(C)C)CCC(C)CC1. The van der Waals surface area contributed by atoms with Crippen LogP contribution in [0.2, 0.25) is 0 Å². The molecule has 0 radical (unpaired) electrons. The van der Waals surface area contributed by atoms with Crippen molar-refractivity contribution < 1.29 is 5.11 Å². The Kier molecular flexibility index (Phi) is 6.65. The Labute approximate surface area is 114 Å². The van der Waals surface area contributed by atoms with Gasteiger partial charge in [-0.25, -0.2) is 0 Å². The first kappa shape index (κ1) is 16.0. The highest BCUT2D eigenvalue weighted by atomic mass is 16.3. The molecule has 0 bridgehead atoms. The van der Waals surface area contributed by atoms with Crippen LogP contribution in [0.5, 0.6) is 0 Å². The monoisotopic (exact) mass is 255 g/mol. The smallest absolute Gasteiger partial charge is 0.0723 e. The summed E-state index contributed by atoms with van der Waals surface area (Å²) in [6.45, 7) is 4.58. The fourth-order valence-corrected chi connectivity index (χ4v) is 3.37. The van der Waals surface area contributed by atoms with Gasteiger partial charge in [-0.05, 0) is 52.1 Å². The van der Waals surface area contributed by atoms with Gasteiger partial charge in [0.2, 0.25) is 0 Å². The maximum atomic E-state index is 10.6. The maximum Gasteiger partial charge on any atom is 0.0723 e. The summed E-state index contributed by atoms with van der Waals surface area (Å²) in [5.41, 5.74) is 0.0543. The van der Waals surface area contributed by atoms with Crippen LogP contribution in [-0.2, 0) is 0 Å². The highest BCUT2D eigenvalue weighted by molar-refractivity contribution is 4.97. The van der Waals surface area contributed by atoms with E-state index < -0.39 is 0 Å². The van der Waals surface area contributed by atoms with E-state index in [4.69, 9.17) is 0 Å². The van der Waals surface area contributed by atoms with Gasteiger partial charge in [0, 0.05) is 5.54 Å². The van der Waals surface area contributed by atoms with Crippen LogP contribution in [0.4, 0.5) is 0 Å². The molecule has 0 saturated heterocycles. The molecule has 1 unspecified atom stereocenters. The third kappa shape index (κ3) is 3.96. The molecular formula is C16H33NO. The lowest BCUT2D eigenvalue weighted by Gasteiger charge is -2.47. The largest absolute Gasteiger partial charge is 0.391 e. The van der Waals surface area contributed by atoms with E-state index in [1.807, 2.05) is 0 Å². The molecule has 0 aromatic rings. The van der Waals surface area contributed by atoms with Gasteiger partial charge >= 0.3 is 0 Å². The lowest BCUT2D eigenvalue weighted by atomic mass is 9.72. The van der Waals surface area contributed by atoms with Crippen LogP contribution >= 0.6 is 0 Å². The Morgan fingerprint density at radius 2 is 1.78 bits per heavy atom. The molecule has 0 aliphatic heterocycles. The molecule has 1 rings (SSSR count). The third-order valence-corrected chi connectivity index (χ3v) is 4.98. The van der Waals surface area contributed by atoms with E-state index in [1.165, 1.54) is 38.5 Å². The number of rotatable bonds is 7. The van der Waals surface area contributed by atoms with Gasteiger partial charge in [0.25, 0.3) is 0 Å². The van der Waals surface area contributed by atoms with Crippen molar-refractivity contribution in [3.05, 3.63) is 0 Å². The van der Waals surface area contributed by atoms with Gasteiger partial charge in [-0.15, -0.1) is 0 Å². The Morgan fingerprint density at radius 3 is 2.28 bits per heavy atom. The van der Waals surface area contributed by atoms with E-state index in [0.29, 0.717) is 0 Å². The molecule has 1 aliphatic rings. The van der Waals surface area contributed by atoms with Crippen LogP contribution in [-0.4, -0.2) is 35.7 Å². The quantitative estimate of drug-likeness (QED) is 0.699. The average Bonchev–Trinajstić information content (AvgIpc) is 2.35. The highest BCUT2D eigenvalue weighted by Crippen LogP contribution is 2.39. The second kappa shape index (κ2) is 7.49. The second-order valence-electron chi connectivity index (χ2n) is 6.55. The van der Waals surface area contributed by atoms with Crippen LogP contribution in [0.15, 0.2) is 0 Å². The van der Waals surface area contributed by atoms with Crippen molar-refractivity contribution >= 4 is 0 Å². The van der Waals surface area contributed by atoms with Crippen LogP contribution in [0.25, 0.3) is 0 Å². The summed E-state index contributed by atoms with van der Waals surface area (Å²) in [4.78, 5) is 2.30. The van der Waals surface area contributed by atoms with Crippen molar-refractivity contribution in [1.82, 2.24) is 4.90 Å². The molecule has 0 aromatic heterocycles. The van der Waals surface area contributed by atoms with E-state index in [-0.39, 0.29) is 11.6 Å². The zero-order valence-electron chi connectivity index (χ0n) is 12.9. The van der Waals surface area contributed by atoms with Crippen molar-refractivity contribution in [1.29, 1.82) is 0 Å². The Morgan fingerprint density at radius 1 is 1.17 bits per heavy atom. The first-order valence-electron chi connectivity index (χ1n) is 7.88. The highest BCUT2D eigenvalue weighted by Gasteiger charge is 2.41. The van der Waals surface area contributed by atoms with Gasteiger partial charge in [0.15, 0.2) is 0 Å². The second-order valence-corrected chi connectivity index (χ2v) is 6.55. The van der Waals surface area contributed by atoms with Gasteiger partial charge in [0.05, 0.1) is 6.10 Å². The zero-order chi connectivity index (χ0) is 13.6. The average molecular weight is 255 g/mol. The minimum absolute atomic E-state index is 0.0543. The molecular weight excluding hydrogens is 222 g/mol. The predicted octanol–water partition coefficient (Wildman–Crippen LogP) is 3.83. The van der Waals surface area contributed by atoms with Crippen molar-refractivity contribution in [3.63, 3.8) is 0 Å². The van der Waals surface area contributed by atoms with Gasteiger partial charge in [-0.2, -0.15) is 0 Å². The first-order chi connectivity index (χ1) is 8.53. The van der Waals surface area contributed by atoms with E-state index in [0.717, 1.165) is 25.2 Å². The van der Waals surface area contributed by atoms with Crippen molar-refractivity contribution in [3.8, 4) is 0 Å². The van der Waals surface area contributed by atoms with Crippen LogP contribution in [0, 0.1) is 5.92 Å². The fraction of sp³-hybridized carbons (Fsp3) is 1.00. The molecule has 0 heterocycles. The number of nitrogens with zero attached hydrogens (tertiary/aromatic N) is 1. The van der Waals surface area contributed by atoms with Crippen molar-refractivity contribution in [2.24, 2.45) is 5.92 Å². The standard InChI is InChI=1S/C16H33NO/c1-5-6-7-8-9-15(18)16(17(3)4)12-10-14(2)11-13-16/h14-15,18H,5-13H2,1-4H3. The van der Waals surface area contributed by atoms with Gasteiger partial charge in [-0.1, -0.05) is 39.5 Å². The van der Waals surface area contributed by atoms with Crippen LogP contribution < -0.4 is 0 Å². The number of aliphatic hydroxyl groups excluding tert-OH is 1. The van der Waals surface area contributed by atoms with Crippen molar-refractivity contribution in [2.75, 3.05) is 14.1 Å². The molecule has 2 nitrogen and oxygen atoms in total. The summed E-state index contributed by atoms with van der Waals surface area (Å²) < 4.78 is 0. The topological polar surface area (TPSA) is 23.5 Å². The summed E-state index contributed by atoms with van der Waals surface area (Å²) in [5, 5.41) is 10.6. The molecule has 1 fully saturated rings. The van der Waals surface area contributed by atoms with Gasteiger partial charge < -0.3 is 10.0 Å². The molecule has 1 N–H and O–H groups in total. The van der Waals surface area contributed by atoms with E-state index in [9.17, 15) is 5.11 Å². The summed E-state index contributed by atoms with van der Waals surface area (Å²) in [7, 11) is 4.29. The fourth-order valence-electron chi connectivity index (χ4n) is 3.37. The Balaban J connectivity index is 2.50. The molecule has 108 valence electrons. The summed E-state index contributed by atoms with van der Waals surface area (Å²) >= 11 is 0. The van der Waals surface area contributed by atoms with Gasteiger partial charge in [0.1, 0.15) is 0 Å². The zero-order valence-corrected chi connectivity index (χ0v) is 12.9. The molecule has 0 aromatic carbocycles. The number of unbranched alkanes of at least 4 members (excludes halogenated alkanes) is 3. The number of aliphatic hydroxyl groups is 1. The summed E-state index contributed by atoms with van der Waals surface area (Å²) in [6, 6.07) is 0. The Bertz CT molecular complexity index is 219. The molecule has 1 saturated carbocycles. The van der Waals surface area contributed by atoms with E-state index >= 15 is 0 Å². The number of likely N-dealkylation sites (N-methyl/N-ethyl adjacent to an activating group) is 1. The molecule has 2 heteroatoms. The van der Waals surface area contributed by atoms with E-state index in [2.05, 4.69) is 32.8 Å². The molecule has 1 aliphatic carbocycles. The van der Waals surface area contributed by atoms with Crippen molar-refractivity contribution in [2.45, 2.75) is 83.3 Å².